The Morgan fingerprint density at radius 3 is 2.65 bits per heavy atom. The Bertz CT molecular complexity index is 594. The van der Waals surface area contributed by atoms with Crippen LogP contribution in [0.15, 0.2) is 18.5 Å². The minimum atomic E-state index is -3.66. The van der Waals surface area contributed by atoms with Gasteiger partial charge in [0.25, 0.3) is 0 Å². The summed E-state index contributed by atoms with van der Waals surface area (Å²) < 4.78 is 28.2. The topological polar surface area (TPSA) is 99.6 Å². The van der Waals surface area contributed by atoms with Crippen molar-refractivity contribution < 1.29 is 18.3 Å². The van der Waals surface area contributed by atoms with Gasteiger partial charge in [-0.2, -0.15) is 12.7 Å². The van der Waals surface area contributed by atoms with Crippen LogP contribution in [0.4, 0.5) is 5.69 Å². The molecule has 0 saturated carbocycles. The second-order valence-electron chi connectivity index (χ2n) is 4.81. The molecule has 20 heavy (non-hydrogen) atoms. The summed E-state index contributed by atoms with van der Waals surface area (Å²) >= 11 is 0. The number of anilines is 1. The Hall–Kier alpha value is -1.67. The molecule has 0 atom stereocenters. The smallest absolute Gasteiger partial charge is 0.306 e. The van der Waals surface area contributed by atoms with E-state index in [-0.39, 0.29) is 13.1 Å². The number of nitrogens with zero attached hydrogens (tertiary/aromatic N) is 2. The number of aromatic nitrogens is 1. The van der Waals surface area contributed by atoms with Gasteiger partial charge < -0.3 is 5.11 Å². The van der Waals surface area contributed by atoms with Crippen molar-refractivity contribution in [1.29, 1.82) is 0 Å². The van der Waals surface area contributed by atoms with Gasteiger partial charge in [0.05, 0.1) is 17.8 Å². The summed E-state index contributed by atoms with van der Waals surface area (Å²) in [6.45, 7) is 2.22. The van der Waals surface area contributed by atoms with Crippen LogP contribution in [0.2, 0.25) is 0 Å². The number of aryl methyl sites for hydroxylation is 1. The third-order valence-electron chi connectivity index (χ3n) is 3.42. The molecular weight excluding hydrogens is 282 g/mol. The third-order valence-corrected chi connectivity index (χ3v) is 4.94. The summed E-state index contributed by atoms with van der Waals surface area (Å²) in [7, 11) is -3.66. The van der Waals surface area contributed by atoms with Crippen molar-refractivity contribution in [1.82, 2.24) is 9.29 Å². The molecule has 0 unspecified atom stereocenters. The van der Waals surface area contributed by atoms with E-state index in [2.05, 4.69) is 9.71 Å². The van der Waals surface area contributed by atoms with E-state index in [1.165, 1.54) is 10.5 Å². The van der Waals surface area contributed by atoms with Crippen molar-refractivity contribution in [2.75, 3.05) is 17.8 Å². The summed E-state index contributed by atoms with van der Waals surface area (Å²) in [6.07, 6.45) is 3.72. The molecule has 0 spiro atoms. The number of carboxylic acid groups (broad SMARTS) is 1. The minimum Gasteiger partial charge on any atom is -0.481 e. The molecule has 0 bridgehead atoms. The highest BCUT2D eigenvalue weighted by atomic mass is 32.2. The third kappa shape index (κ3) is 3.26. The van der Waals surface area contributed by atoms with Crippen LogP contribution in [0.25, 0.3) is 0 Å². The number of carbonyl (C=O) groups is 1. The highest BCUT2D eigenvalue weighted by molar-refractivity contribution is 7.90. The van der Waals surface area contributed by atoms with Crippen LogP contribution in [-0.2, 0) is 15.0 Å². The Morgan fingerprint density at radius 1 is 1.45 bits per heavy atom. The normalized spacial score (nSPS) is 17.9. The van der Waals surface area contributed by atoms with Crippen LogP contribution >= 0.6 is 0 Å². The van der Waals surface area contributed by atoms with E-state index in [9.17, 15) is 13.2 Å². The lowest BCUT2D eigenvalue weighted by atomic mass is 9.99. The van der Waals surface area contributed by atoms with Crippen LogP contribution in [0.3, 0.4) is 0 Å². The molecule has 2 rings (SSSR count). The fourth-order valence-corrected chi connectivity index (χ4v) is 3.43. The summed E-state index contributed by atoms with van der Waals surface area (Å²) in [5.74, 6) is -1.32. The first-order chi connectivity index (χ1) is 9.40. The fraction of sp³-hybridized carbons (Fsp3) is 0.500. The number of hydrogen-bond acceptors (Lipinski definition) is 4. The summed E-state index contributed by atoms with van der Waals surface area (Å²) in [4.78, 5) is 14.7. The van der Waals surface area contributed by atoms with Gasteiger partial charge in [-0.25, -0.2) is 0 Å². The maximum atomic E-state index is 12.2. The number of carboxylic acids is 1. The van der Waals surface area contributed by atoms with Gasteiger partial charge in [-0.3, -0.25) is 14.5 Å². The van der Waals surface area contributed by atoms with Gasteiger partial charge in [-0.1, -0.05) is 0 Å². The van der Waals surface area contributed by atoms with Gasteiger partial charge in [-0.05, 0) is 31.4 Å². The molecule has 1 aromatic rings. The predicted molar refractivity (Wildman–Crippen MR) is 73.4 cm³/mol. The second kappa shape index (κ2) is 5.76. The number of hydrogen-bond donors (Lipinski definition) is 2. The zero-order valence-corrected chi connectivity index (χ0v) is 11.9. The predicted octanol–water partition coefficient (Wildman–Crippen LogP) is 0.843. The van der Waals surface area contributed by atoms with E-state index in [1.54, 1.807) is 19.2 Å². The maximum absolute atomic E-state index is 12.2. The summed E-state index contributed by atoms with van der Waals surface area (Å²) in [5, 5.41) is 8.91. The van der Waals surface area contributed by atoms with Crippen molar-refractivity contribution in [2.45, 2.75) is 19.8 Å². The van der Waals surface area contributed by atoms with Gasteiger partial charge >= 0.3 is 16.2 Å². The van der Waals surface area contributed by atoms with Crippen LogP contribution in [0.1, 0.15) is 18.4 Å². The van der Waals surface area contributed by atoms with Crippen LogP contribution < -0.4 is 4.72 Å². The van der Waals surface area contributed by atoms with E-state index in [4.69, 9.17) is 5.11 Å². The molecule has 1 aromatic heterocycles. The molecule has 0 radical (unpaired) electrons. The molecule has 0 amide bonds. The standard InChI is InChI=1S/C12H17N3O4S/c1-9-2-5-13-8-11(9)14-20(18,19)15-6-3-10(4-7-15)12(16)17/h2,5,8,10,14H,3-4,6-7H2,1H3,(H,16,17). The molecule has 8 heteroatoms. The van der Waals surface area contributed by atoms with Crippen LogP contribution in [0, 0.1) is 12.8 Å². The number of nitrogens with one attached hydrogen (secondary N) is 1. The number of rotatable bonds is 4. The highest BCUT2D eigenvalue weighted by Crippen LogP contribution is 2.21. The van der Waals surface area contributed by atoms with E-state index < -0.39 is 22.1 Å². The fourth-order valence-electron chi connectivity index (χ4n) is 2.12. The lowest BCUT2D eigenvalue weighted by Gasteiger charge is -2.29. The average Bonchev–Trinajstić information content (AvgIpc) is 2.41. The molecular formula is C12H17N3O4S. The summed E-state index contributed by atoms with van der Waals surface area (Å²) in [6, 6.07) is 1.72. The largest absolute Gasteiger partial charge is 0.481 e. The van der Waals surface area contributed by atoms with E-state index in [0.717, 1.165) is 5.56 Å². The number of pyridine rings is 1. The molecule has 2 N–H and O–H groups in total. The Kier molecular flexibility index (Phi) is 4.24. The highest BCUT2D eigenvalue weighted by Gasteiger charge is 2.31. The monoisotopic (exact) mass is 299 g/mol. The maximum Gasteiger partial charge on any atom is 0.306 e. The first kappa shape index (κ1) is 14.7. The van der Waals surface area contributed by atoms with Crippen LogP contribution in [-0.4, -0.2) is 41.9 Å². The lowest BCUT2D eigenvalue weighted by Crippen LogP contribution is -2.43. The Balaban J connectivity index is 2.05. The molecule has 7 nitrogen and oxygen atoms in total. The second-order valence-corrected chi connectivity index (χ2v) is 6.48. The van der Waals surface area contributed by atoms with Crippen molar-refractivity contribution in [3.05, 3.63) is 24.0 Å². The Morgan fingerprint density at radius 2 is 2.10 bits per heavy atom. The molecule has 0 aliphatic carbocycles. The van der Waals surface area contributed by atoms with Gasteiger partial charge in [0.1, 0.15) is 0 Å². The van der Waals surface area contributed by atoms with Gasteiger partial charge in [0.2, 0.25) is 0 Å². The van der Waals surface area contributed by atoms with Gasteiger partial charge in [-0.15, -0.1) is 0 Å². The molecule has 1 aliphatic rings. The Labute approximate surface area is 117 Å². The quantitative estimate of drug-likeness (QED) is 0.858. The van der Waals surface area contributed by atoms with Crippen molar-refractivity contribution in [3.63, 3.8) is 0 Å². The minimum absolute atomic E-state index is 0.214. The van der Waals surface area contributed by atoms with E-state index >= 15 is 0 Å². The number of piperidine rings is 1. The molecule has 1 saturated heterocycles. The first-order valence-electron chi connectivity index (χ1n) is 6.31. The SMILES string of the molecule is Cc1ccncc1NS(=O)(=O)N1CCC(C(=O)O)CC1. The van der Waals surface area contributed by atoms with Crippen LogP contribution in [0.5, 0.6) is 0 Å². The van der Waals surface area contributed by atoms with E-state index in [1.807, 2.05) is 0 Å². The lowest BCUT2D eigenvalue weighted by molar-refractivity contribution is -0.142. The molecule has 1 aliphatic heterocycles. The molecule has 1 fully saturated rings. The molecule has 0 aromatic carbocycles. The average molecular weight is 299 g/mol. The zero-order chi connectivity index (χ0) is 14.8. The van der Waals surface area contributed by atoms with Crippen molar-refractivity contribution >= 4 is 21.9 Å². The molecule has 110 valence electrons. The van der Waals surface area contributed by atoms with Gasteiger partial charge in [0, 0.05) is 19.3 Å². The zero-order valence-electron chi connectivity index (χ0n) is 11.1. The van der Waals surface area contributed by atoms with E-state index in [0.29, 0.717) is 18.5 Å². The van der Waals surface area contributed by atoms with Gasteiger partial charge in [0.15, 0.2) is 0 Å². The molecule has 2 heterocycles. The number of aliphatic carboxylic acids is 1. The van der Waals surface area contributed by atoms with Crippen molar-refractivity contribution in [3.8, 4) is 0 Å². The van der Waals surface area contributed by atoms with Crippen molar-refractivity contribution in [2.24, 2.45) is 5.92 Å². The first-order valence-corrected chi connectivity index (χ1v) is 7.75. The summed E-state index contributed by atoms with van der Waals surface area (Å²) in [5.41, 5.74) is 1.22.